The van der Waals surface area contributed by atoms with Crippen molar-refractivity contribution in [2.45, 2.75) is 18.9 Å². The molecule has 3 rings (SSSR count). The Labute approximate surface area is 98.1 Å². The molecule has 0 radical (unpaired) electrons. The standard InChI is InChI=1S/C12H14BrNO/c13-10-2-1-8-3-5-14-7-11-12(8)9(10)4-6-15-11/h1-2,11,14H,3-7H2. The van der Waals surface area contributed by atoms with Gasteiger partial charge in [-0.25, -0.2) is 0 Å². The van der Waals surface area contributed by atoms with Crippen LogP contribution in [0, 0.1) is 0 Å². The summed E-state index contributed by atoms with van der Waals surface area (Å²) in [5, 5.41) is 3.44. The molecular weight excluding hydrogens is 254 g/mol. The van der Waals surface area contributed by atoms with Crippen LogP contribution in [0.3, 0.4) is 0 Å². The Morgan fingerprint density at radius 3 is 3.20 bits per heavy atom. The minimum Gasteiger partial charge on any atom is -0.372 e. The lowest BCUT2D eigenvalue weighted by Gasteiger charge is -2.27. The molecule has 0 amide bonds. The van der Waals surface area contributed by atoms with Crippen molar-refractivity contribution < 1.29 is 4.74 Å². The van der Waals surface area contributed by atoms with Gasteiger partial charge in [0.2, 0.25) is 0 Å². The van der Waals surface area contributed by atoms with Crippen LogP contribution in [-0.2, 0) is 17.6 Å². The van der Waals surface area contributed by atoms with Crippen LogP contribution in [0.25, 0.3) is 0 Å². The minimum atomic E-state index is 0.267. The predicted octanol–water partition coefficient (Wildman–Crippen LogP) is 2.21. The molecule has 2 aliphatic heterocycles. The molecule has 3 heteroatoms. The number of ether oxygens (including phenoxy) is 1. The third-order valence-electron chi connectivity index (χ3n) is 3.28. The summed E-state index contributed by atoms with van der Waals surface area (Å²) in [6.07, 6.45) is 2.43. The molecule has 0 aromatic heterocycles. The maximum Gasteiger partial charge on any atom is 0.0955 e. The summed E-state index contributed by atoms with van der Waals surface area (Å²) in [5.41, 5.74) is 4.37. The molecular formula is C12H14BrNO. The first-order valence-corrected chi connectivity index (χ1v) is 6.28. The zero-order valence-corrected chi connectivity index (χ0v) is 10.1. The lowest BCUT2D eigenvalue weighted by Crippen LogP contribution is -2.25. The topological polar surface area (TPSA) is 21.3 Å². The Hall–Kier alpha value is -0.380. The van der Waals surface area contributed by atoms with Crippen LogP contribution in [0.15, 0.2) is 16.6 Å². The van der Waals surface area contributed by atoms with E-state index in [2.05, 4.69) is 33.4 Å². The number of rotatable bonds is 0. The van der Waals surface area contributed by atoms with Crippen LogP contribution in [0.5, 0.6) is 0 Å². The first kappa shape index (κ1) is 9.82. The van der Waals surface area contributed by atoms with Gasteiger partial charge in [-0.3, -0.25) is 0 Å². The van der Waals surface area contributed by atoms with E-state index in [0.29, 0.717) is 0 Å². The molecule has 2 aliphatic rings. The Morgan fingerprint density at radius 1 is 1.33 bits per heavy atom. The summed E-state index contributed by atoms with van der Waals surface area (Å²) in [5.74, 6) is 0. The molecule has 0 aliphatic carbocycles. The van der Waals surface area contributed by atoms with Crippen LogP contribution >= 0.6 is 15.9 Å². The third-order valence-corrected chi connectivity index (χ3v) is 4.03. The second kappa shape index (κ2) is 3.89. The van der Waals surface area contributed by atoms with Crippen LogP contribution in [-0.4, -0.2) is 19.7 Å². The van der Waals surface area contributed by atoms with Crippen LogP contribution in [0.2, 0.25) is 0 Å². The molecule has 0 saturated heterocycles. The number of nitrogens with one attached hydrogen (secondary N) is 1. The van der Waals surface area contributed by atoms with Crippen molar-refractivity contribution in [3.05, 3.63) is 33.3 Å². The zero-order valence-electron chi connectivity index (χ0n) is 8.55. The monoisotopic (exact) mass is 267 g/mol. The van der Waals surface area contributed by atoms with Gasteiger partial charge in [-0.15, -0.1) is 0 Å². The van der Waals surface area contributed by atoms with E-state index >= 15 is 0 Å². The molecule has 0 saturated carbocycles. The largest absolute Gasteiger partial charge is 0.372 e. The molecule has 2 heterocycles. The first-order valence-electron chi connectivity index (χ1n) is 5.49. The molecule has 0 spiro atoms. The van der Waals surface area contributed by atoms with Gasteiger partial charge in [0.25, 0.3) is 0 Å². The smallest absolute Gasteiger partial charge is 0.0955 e. The van der Waals surface area contributed by atoms with Gasteiger partial charge < -0.3 is 10.1 Å². The van der Waals surface area contributed by atoms with E-state index in [9.17, 15) is 0 Å². The number of halogens is 1. The molecule has 0 bridgehead atoms. The molecule has 0 fully saturated rings. The van der Waals surface area contributed by atoms with Crippen molar-refractivity contribution in [3.63, 3.8) is 0 Å². The van der Waals surface area contributed by atoms with E-state index < -0.39 is 0 Å². The van der Waals surface area contributed by atoms with Crippen molar-refractivity contribution in [2.24, 2.45) is 0 Å². The number of hydrogen-bond acceptors (Lipinski definition) is 2. The van der Waals surface area contributed by atoms with E-state index in [1.165, 1.54) is 21.2 Å². The van der Waals surface area contributed by atoms with Crippen LogP contribution in [0.1, 0.15) is 22.8 Å². The summed E-state index contributed by atoms with van der Waals surface area (Å²) >= 11 is 3.65. The SMILES string of the molecule is Brc1ccc2c3c1CCOC3CNCC2. The second-order valence-electron chi connectivity index (χ2n) is 4.16. The summed E-state index contributed by atoms with van der Waals surface area (Å²) in [4.78, 5) is 0. The number of benzene rings is 1. The fourth-order valence-corrected chi connectivity index (χ4v) is 3.11. The summed E-state index contributed by atoms with van der Waals surface area (Å²) in [6, 6.07) is 4.42. The summed E-state index contributed by atoms with van der Waals surface area (Å²) < 4.78 is 7.08. The normalized spacial score (nSPS) is 24.5. The molecule has 1 aromatic carbocycles. The zero-order chi connectivity index (χ0) is 10.3. The van der Waals surface area contributed by atoms with Crippen molar-refractivity contribution in [1.82, 2.24) is 5.32 Å². The Bertz CT molecular complexity index is 391. The lowest BCUT2D eigenvalue weighted by molar-refractivity contribution is 0.0439. The molecule has 2 nitrogen and oxygen atoms in total. The molecule has 1 atom stereocenters. The van der Waals surface area contributed by atoms with E-state index in [0.717, 1.165) is 32.5 Å². The highest BCUT2D eigenvalue weighted by Gasteiger charge is 2.26. The fourth-order valence-electron chi connectivity index (χ4n) is 2.56. The van der Waals surface area contributed by atoms with Crippen molar-refractivity contribution in [3.8, 4) is 0 Å². The van der Waals surface area contributed by atoms with Crippen molar-refractivity contribution in [2.75, 3.05) is 19.7 Å². The van der Waals surface area contributed by atoms with Crippen LogP contribution < -0.4 is 5.32 Å². The van der Waals surface area contributed by atoms with E-state index in [-0.39, 0.29) is 6.10 Å². The maximum absolute atomic E-state index is 5.84. The minimum absolute atomic E-state index is 0.267. The average molecular weight is 268 g/mol. The molecule has 80 valence electrons. The van der Waals surface area contributed by atoms with Gasteiger partial charge in [-0.05, 0) is 42.1 Å². The second-order valence-corrected chi connectivity index (χ2v) is 5.02. The lowest BCUT2D eigenvalue weighted by atomic mass is 9.92. The summed E-state index contributed by atoms with van der Waals surface area (Å²) in [7, 11) is 0. The predicted molar refractivity (Wildman–Crippen MR) is 63.1 cm³/mol. The van der Waals surface area contributed by atoms with E-state index in [1.807, 2.05) is 0 Å². The Morgan fingerprint density at radius 2 is 2.27 bits per heavy atom. The van der Waals surface area contributed by atoms with Gasteiger partial charge in [0.15, 0.2) is 0 Å². The Kier molecular flexibility index (Phi) is 2.54. The van der Waals surface area contributed by atoms with E-state index in [4.69, 9.17) is 4.74 Å². The van der Waals surface area contributed by atoms with Gasteiger partial charge in [-0.1, -0.05) is 22.0 Å². The third kappa shape index (κ3) is 1.63. The summed E-state index contributed by atoms with van der Waals surface area (Å²) in [6.45, 7) is 2.87. The fraction of sp³-hybridized carbons (Fsp3) is 0.500. The van der Waals surface area contributed by atoms with Crippen LogP contribution in [0.4, 0.5) is 0 Å². The highest BCUT2D eigenvalue weighted by atomic mass is 79.9. The van der Waals surface area contributed by atoms with Gasteiger partial charge in [-0.2, -0.15) is 0 Å². The average Bonchev–Trinajstić information content (AvgIpc) is 2.47. The van der Waals surface area contributed by atoms with Crippen molar-refractivity contribution >= 4 is 15.9 Å². The van der Waals surface area contributed by atoms with Gasteiger partial charge in [0.05, 0.1) is 12.7 Å². The quantitative estimate of drug-likeness (QED) is 0.779. The molecule has 1 N–H and O–H groups in total. The molecule has 1 unspecified atom stereocenters. The van der Waals surface area contributed by atoms with Gasteiger partial charge >= 0.3 is 0 Å². The highest BCUT2D eigenvalue weighted by Crippen LogP contribution is 2.35. The molecule has 1 aromatic rings. The number of hydrogen-bond donors (Lipinski definition) is 1. The maximum atomic E-state index is 5.84. The van der Waals surface area contributed by atoms with Gasteiger partial charge in [0.1, 0.15) is 0 Å². The first-order chi connectivity index (χ1) is 7.36. The van der Waals surface area contributed by atoms with E-state index in [1.54, 1.807) is 0 Å². The Balaban J connectivity index is 2.18. The van der Waals surface area contributed by atoms with Gasteiger partial charge in [0, 0.05) is 11.0 Å². The van der Waals surface area contributed by atoms with Crippen molar-refractivity contribution in [1.29, 1.82) is 0 Å². The molecule has 15 heavy (non-hydrogen) atoms. The highest BCUT2D eigenvalue weighted by molar-refractivity contribution is 9.10.